The van der Waals surface area contributed by atoms with E-state index in [-0.39, 0.29) is 5.91 Å². The van der Waals surface area contributed by atoms with Gasteiger partial charge >= 0.3 is 0 Å². The van der Waals surface area contributed by atoms with Crippen molar-refractivity contribution in [3.63, 3.8) is 0 Å². The van der Waals surface area contributed by atoms with Crippen molar-refractivity contribution in [2.45, 2.75) is 32.5 Å². The van der Waals surface area contributed by atoms with Gasteiger partial charge in [0.1, 0.15) is 0 Å². The van der Waals surface area contributed by atoms with Gasteiger partial charge in [0, 0.05) is 24.5 Å². The predicted molar refractivity (Wildman–Crippen MR) is 113 cm³/mol. The molecule has 0 radical (unpaired) electrons. The molecule has 0 aliphatic carbocycles. The quantitative estimate of drug-likeness (QED) is 0.662. The first-order chi connectivity index (χ1) is 13.5. The predicted octanol–water partition coefficient (Wildman–Crippen LogP) is 4.09. The summed E-state index contributed by atoms with van der Waals surface area (Å²) in [5.74, 6) is 1.09. The fraction of sp³-hybridized carbons (Fsp3) is 0.286. The van der Waals surface area contributed by atoms with Crippen molar-refractivity contribution in [2.24, 2.45) is 0 Å². The molecule has 7 heteroatoms. The molecule has 6 nitrogen and oxygen atoms in total. The molecule has 144 valence electrons. The number of thioether (sulfide) groups is 1. The van der Waals surface area contributed by atoms with Crippen LogP contribution in [0.25, 0.3) is 0 Å². The lowest BCUT2D eigenvalue weighted by molar-refractivity contribution is -0.113. The van der Waals surface area contributed by atoms with Crippen LogP contribution in [0.1, 0.15) is 16.7 Å². The standard InChI is InChI=1S/C21H23N5OS/c1-14-4-6-18(7-5-14)25-8-9-26-20(25)23-24-21(26)28-13-19(27)22-17-11-15(2)10-16(3)12-17/h4-7,10-12H,8-9,13H2,1-3H3,(H,22,27). The maximum atomic E-state index is 12.3. The van der Waals surface area contributed by atoms with E-state index in [0.717, 1.165) is 46.7 Å². The van der Waals surface area contributed by atoms with Crippen molar-refractivity contribution in [3.05, 3.63) is 59.2 Å². The lowest BCUT2D eigenvalue weighted by Gasteiger charge is -2.15. The van der Waals surface area contributed by atoms with Gasteiger partial charge in [-0.05, 0) is 56.2 Å². The third-order valence-corrected chi connectivity index (χ3v) is 5.64. The van der Waals surface area contributed by atoms with E-state index in [0.29, 0.717) is 5.75 Å². The highest BCUT2D eigenvalue weighted by atomic mass is 32.2. The number of hydrogen-bond donors (Lipinski definition) is 1. The molecule has 0 spiro atoms. The number of rotatable bonds is 5. The zero-order valence-corrected chi connectivity index (χ0v) is 17.1. The second-order valence-corrected chi connectivity index (χ2v) is 8.08. The van der Waals surface area contributed by atoms with E-state index in [9.17, 15) is 4.79 Å². The Balaban J connectivity index is 1.41. The number of carbonyl (C=O) groups excluding carboxylic acids is 1. The minimum Gasteiger partial charge on any atom is -0.325 e. The lowest BCUT2D eigenvalue weighted by atomic mass is 10.1. The summed E-state index contributed by atoms with van der Waals surface area (Å²) in [5.41, 5.74) is 5.44. The molecule has 1 aliphatic rings. The van der Waals surface area contributed by atoms with Crippen LogP contribution in [0.2, 0.25) is 0 Å². The van der Waals surface area contributed by atoms with Gasteiger partial charge < -0.3 is 10.2 Å². The molecule has 1 N–H and O–H groups in total. The molecular weight excluding hydrogens is 370 g/mol. The molecule has 2 aromatic carbocycles. The van der Waals surface area contributed by atoms with Crippen LogP contribution in [-0.4, -0.2) is 33.0 Å². The number of aromatic nitrogens is 3. The molecule has 2 heterocycles. The van der Waals surface area contributed by atoms with E-state index < -0.39 is 0 Å². The zero-order chi connectivity index (χ0) is 19.7. The van der Waals surface area contributed by atoms with Crippen molar-refractivity contribution in [2.75, 3.05) is 22.5 Å². The van der Waals surface area contributed by atoms with Gasteiger partial charge in [0.05, 0.1) is 5.75 Å². The summed E-state index contributed by atoms with van der Waals surface area (Å²) in [6.07, 6.45) is 0. The van der Waals surface area contributed by atoms with Crippen LogP contribution in [0.5, 0.6) is 0 Å². The van der Waals surface area contributed by atoms with E-state index in [2.05, 4.69) is 62.2 Å². The van der Waals surface area contributed by atoms with Gasteiger partial charge in [-0.2, -0.15) is 0 Å². The molecule has 0 unspecified atom stereocenters. The van der Waals surface area contributed by atoms with E-state index >= 15 is 0 Å². The molecule has 1 aromatic heterocycles. The first kappa shape index (κ1) is 18.6. The van der Waals surface area contributed by atoms with Crippen LogP contribution < -0.4 is 10.2 Å². The molecular formula is C21H23N5OS. The van der Waals surface area contributed by atoms with Crippen molar-refractivity contribution in [3.8, 4) is 0 Å². The zero-order valence-electron chi connectivity index (χ0n) is 16.3. The molecule has 3 aromatic rings. The largest absolute Gasteiger partial charge is 0.325 e. The van der Waals surface area contributed by atoms with Crippen molar-refractivity contribution in [1.29, 1.82) is 0 Å². The first-order valence-corrected chi connectivity index (χ1v) is 10.3. The van der Waals surface area contributed by atoms with Crippen molar-refractivity contribution in [1.82, 2.24) is 14.8 Å². The number of amides is 1. The SMILES string of the molecule is Cc1ccc(N2CCn3c(SCC(=O)Nc4cc(C)cc(C)c4)nnc32)cc1. The highest BCUT2D eigenvalue weighted by molar-refractivity contribution is 7.99. The van der Waals surface area contributed by atoms with Gasteiger partial charge in [-0.15, -0.1) is 10.2 Å². The maximum absolute atomic E-state index is 12.3. The first-order valence-electron chi connectivity index (χ1n) is 9.28. The Bertz CT molecular complexity index is 992. The molecule has 0 bridgehead atoms. The van der Waals surface area contributed by atoms with Crippen molar-refractivity contribution >= 4 is 35.0 Å². The number of hydrogen-bond acceptors (Lipinski definition) is 5. The molecule has 0 atom stereocenters. The van der Waals surface area contributed by atoms with E-state index in [1.165, 1.54) is 17.3 Å². The topological polar surface area (TPSA) is 63.1 Å². The Hall–Kier alpha value is -2.80. The van der Waals surface area contributed by atoms with Gasteiger partial charge in [-0.25, -0.2) is 0 Å². The molecule has 0 saturated carbocycles. The summed E-state index contributed by atoms with van der Waals surface area (Å²) in [4.78, 5) is 14.5. The van der Waals surface area contributed by atoms with Crippen LogP contribution in [0.3, 0.4) is 0 Å². The summed E-state index contributed by atoms with van der Waals surface area (Å²) in [6.45, 7) is 7.80. The Morgan fingerprint density at radius 1 is 1.00 bits per heavy atom. The van der Waals surface area contributed by atoms with Gasteiger partial charge in [0.15, 0.2) is 5.16 Å². The Morgan fingerprint density at radius 2 is 1.71 bits per heavy atom. The van der Waals surface area contributed by atoms with Crippen LogP contribution >= 0.6 is 11.8 Å². The number of fused-ring (bicyclic) bond motifs is 1. The van der Waals surface area contributed by atoms with Crippen LogP contribution in [0.4, 0.5) is 17.3 Å². The second-order valence-electron chi connectivity index (χ2n) is 7.13. The molecule has 0 saturated heterocycles. The average molecular weight is 394 g/mol. The van der Waals surface area contributed by atoms with Crippen LogP contribution in [0.15, 0.2) is 47.6 Å². The molecule has 4 rings (SSSR count). The minimum absolute atomic E-state index is 0.0410. The fourth-order valence-corrected chi connectivity index (χ4v) is 4.19. The second kappa shape index (κ2) is 7.67. The van der Waals surface area contributed by atoms with Gasteiger partial charge in [-0.3, -0.25) is 9.36 Å². The summed E-state index contributed by atoms with van der Waals surface area (Å²) in [6, 6.07) is 14.4. The Morgan fingerprint density at radius 3 is 2.43 bits per heavy atom. The highest BCUT2D eigenvalue weighted by Crippen LogP contribution is 2.32. The van der Waals surface area contributed by atoms with Gasteiger partial charge in [0.2, 0.25) is 11.9 Å². The summed E-state index contributed by atoms with van der Waals surface area (Å²) >= 11 is 1.42. The summed E-state index contributed by atoms with van der Waals surface area (Å²) in [5, 5.41) is 12.4. The van der Waals surface area contributed by atoms with Gasteiger partial charge in [0.25, 0.3) is 0 Å². The third-order valence-electron chi connectivity index (χ3n) is 4.67. The Labute approximate surface area is 169 Å². The number of benzene rings is 2. The summed E-state index contributed by atoms with van der Waals surface area (Å²) < 4.78 is 2.08. The normalized spacial score (nSPS) is 12.9. The smallest absolute Gasteiger partial charge is 0.234 e. The fourth-order valence-electron chi connectivity index (χ4n) is 3.43. The molecule has 1 amide bonds. The molecule has 0 fully saturated rings. The average Bonchev–Trinajstić information content (AvgIpc) is 3.22. The molecule has 1 aliphatic heterocycles. The van der Waals surface area contributed by atoms with Gasteiger partial charge in [-0.1, -0.05) is 35.5 Å². The number of nitrogens with zero attached hydrogens (tertiary/aromatic N) is 4. The number of nitrogens with one attached hydrogen (secondary N) is 1. The third kappa shape index (κ3) is 3.89. The monoisotopic (exact) mass is 393 g/mol. The minimum atomic E-state index is -0.0410. The van der Waals surface area contributed by atoms with E-state index in [4.69, 9.17) is 0 Å². The molecule has 28 heavy (non-hydrogen) atoms. The van der Waals surface area contributed by atoms with E-state index in [1.54, 1.807) is 0 Å². The van der Waals surface area contributed by atoms with Crippen molar-refractivity contribution < 1.29 is 4.79 Å². The van der Waals surface area contributed by atoms with E-state index in [1.807, 2.05) is 26.0 Å². The maximum Gasteiger partial charge on any atom is 0.234 e. The summed E-state index contributed by atoms with van der Waals surface area (Å²) in [7, 11) is 0. The number of aryl methyl sites for hydroxylation is 3. The van der Waals surface area contributed by atoms with Crippen LogP contribution in [0, 0.1) is 20.8 Å². The number of carbonyl (C=O) groups is 1. The lowest BCUT2D eigenvalue weighted by Crippen LogP contribution is -2.15. The van der Waals surface area contributed by atoms with Crippen LogP contribution in [-0.2, 0) is 11.3 Å². The Kier molecular flexibility index (Phi) is 5.09. The highest BCUT2D eigenvalue weighted by Gasteiger charge is 2.26. The number of anilines is 3.